The molecule has 0 bridgehead atoms. The minimum Gasteiger partial charge on any atom is -0.384 e. The summed E-state index contributed by atoms with van der Waals surface area (Å²) in [6.07, 6.45) is 15.8. The lowest BCUT2D eigenvalue weighted by atomic mass is 9.87. The number of carbonyl (C=O) groups excluding carboxylic acids is 1. The molecule has 4 aromatic rings. The lowest BCUT2D eigenvalue weighted by Gasteiger charge is -2.30. The van der Waals surface area contributed by atoms with Crippen LogP contribution in [0.4, 0.5) is 0 Å². The summed E-state index contributed by atoms with van der Waals surface area (Å²) in [4.78, 5) is 21.5. The first kappa shape index (κ1) is 33.0. The van der Waals surface area contributed by atoms with Crippen molar-refractivity contribution in [2.45, 2.75) is 103 Å². The number of nitrogens with zero attached hydrogens (tertiary/aromatic N) is 3. The van der Waals surface area contributed by atoms with E-state index in [4.69, 9.17) is 21.9 Å². The number of carbonyl (C=O) groups is 1. The average Bonchev–Trinajstić information content (AvgIpc) is 3.47. The van der Waals surface area contributed by atoms with Crippen molar-refractivity contribution in [2.75, 3.05) is 6.54 Å². The summed E-state index contributed by atoms with van der Waals surface area (Å²) in [5, 5.41) is 7.71. The van der Waals surface area contributed by atoms with E-state index in [9.17, 15) is 4.79 Å². The standard InChI is InChI=1S/C40H52N6O/c41-26-31-11-13-33(14-12-31)28-45(27-32-9-5-2-6-10-32)40(47)35-20-21-37-36(25-35)44-38(46(37)24-23-29-7-3-1-4-8-29)22-17-30-15-18-34(19-16-30)39(42)43/h11-16,18-21,25,29,32H,1-10,17,22-24,26-28,41H2,(H3,42,43). The molecule has 0 aliphatic heterocycles. The Balaban J connectivity index is 1.26. The van der Waals surface area contributed by atoms with Crippen LogP contribution in [0, 0.1) is 17.2 Å². The van der Waals surface area contributed by atoms with Gasteiger partial charge < -0.3 is 20.9 Å². The third-order valence-electron chi connectivity index (χ3n) is 10.6. The molecule has 2 aliphatic carbocycles. The molecule has 1 amide bonds. The summed E-state index contributed by atoms with van der Waals surface area (Å²) in [7, 11) is 0. The van der Waals surface area contributed by atoms with Gasteiger partial charge in [0.15, 0.2) is 0 Å². The first-order valence-electron chi connectivity index (χ1n) is 18.0. The van der Waals surface area contributed by atoms with Gasteiger partial charge in [-0.3, -0.25) is 10.2 Å². The highest BCUT2D eigenvalue weighted by Crippen LogP contribution is 2.30. The van der Waals surface area contributed by atoms with Gasteiger partial charge in [-0.2, -0.15) is 0 Å². The van der Waals surface area contributed by atoms with Gasteiger partial charge in [0.05, 0.1) is 11.0 Å². The molecular weight excluding hydrogens is 580 g/mol. The zero-order chi connectivity index (χ0) is 32.6. The Hall–Kier alpha value is -3.97. The second-order valence-corrected chi connectivity index (χ2v) is 14.0. The Kier molecular flexibility index (Phi) is 11.0. The van der Waals surface area contributed by atoms with Crippen molar-refractivity contribution >= 4 is 22.8 Å². The number of hydrogen-bond acceptors (Lipinski definition) is 4. The van der Waals surface area contributed by atoms with Crippen LogP contribution in [0.1, 0.15) is 109 Å². The number of aromatic nitrogens is 2. The van der Waals surface area contributed by atoms with Crippen molar-refractivity contribution in [1.29, 1.82) is 5.41 Å². The Morgan fingerprint density at radius 3 is 2.06 bits per heavy atom. The Morgan fingerprint density at radius 1 is 0.787 bits per heavy atom. The van der Waals surface area contributed by atoms with Crippen molar-refractivity contribution < 1.29 is 4.79 Å². The molecule has 1 aromatic heterocycles. The summed E-state index contributed by atoms with van der Waals surface area (Å²) >= 11 is 0. The van der Waals surface area contributed by atoms with E-state index in [1.54, 1.807) is 0 Å². The monoisotopic (exact) mass is 632 g/mol. The molecule has 0 saturated heterocycles. The van der Waals surface area contributed by atoms with Crippen LogP contribution in [0.15, 0.2) is 66.7 Å². The van der Waals surface area contributed by atoms with Gasteiger partial charge >= 0.3 is 0 Å². The number of benzene rings is 3. The first-order chi connectivity index (χ1) is 23.0. The van der Waals surface area contributed by atoms with Crippen LogP contribution in [0.25, 0.3) is 11.0 Å². The van der Waals surface area contributed by atoms with Crippen LogP contribution in [0.3, 0.4) is 0 Å². The van der Waals surface area contributed by atoms with Crippen molar-refractivity contribution in [3.05, 3.63) is 100 Å². The molecular formula is C40H52N6O. The summed E-state index contributed by atoms with van der Waals surface area (Å²) in [5.74, 6) is 2.59. The predicted molar refractivity (Wildman–Crippen MR) is 191 cm³/mol. The molecule has 2 saturated carbocycles. The highest BCUT2D eigenvalue weighted by Gasteiger charge is 2.24. The Labute approximate surface area is 280 Å². The molecule has 6 rings (SSSR count). The van der Waals surface area contributed by atoms with Crippen molar-refractivity contribution in [3.8, 4) is 0 Å². The van der Waals surface area contributed by atoms with E-state index in [1.807, 2.05) is 24.3 Å². The van der Waals surface area contributed by atoms with Crippen molar-refractivity contribution in [2.24, 2.45) is 23.3 Å². The fourth-order valence-electron chi connectivity index (χ4n) is 7.73. The number of fused-ring (bicyclic) bond motifs is 1. The van der Waals surface area contributed by atoms with Gasteiger partial charge in [0, 0.05) is 43.7 Å². The Morgan fingerprint density at radius 2 is 1.40 bits per heavy atom. The number of hydrogen-bond donors (Lipinski definition) is 3. The number of nitrogens with one attached hydrogen (secondary N) is 1. The quantitative estimate of drug-likeness (QED) is 0.103. The van der Waals surface area contributed by atoms with E-state index < -0.39 is 0 Å². The highest BCUT2D eigenvalue weighted by atomic mass is 16.2. The number of imidazole rings is 1. The fraction of sp³-hybridized carbons (Fsp3) is 0.475. The minimum absolute atomic E-state index is 0.0873. The lowest BCUT2D eigenvalue weighted by Crippen LogP contribution is -2.35. The van der Waals surface area contributed by atoms with Crippen LogP contribution in [-0.4, -0.2) is 32.7 Å². The molecule has 5 N–H and O–H groups in total. The zero-order valence-electron chi connectivity index (χ0n) is 27.9. The smallest absolute Gasteiger partial charge is 0.254 e. The average molecular weight is 633 g/mol. The van der Waals surface area contributed by atoms with Gasteiger partial charge in [-0.25, -0.2) is 4.98 Å². The van der Waals surface area contributed by atoms with E-state index in [2.05, 4.69) is 51.9 Å². The number of nitrogens with two attached hydrogens (primary N) is 2. The maximum atomic E-state index is 14.2. The molecule has 0 radical (unpaired) electrons. The van der Waals surface area contributed by atoms with Crippen LogP contribution < -0.4 is 11.5 Å². The van der Waals surface area contributed by atoms with Gasteiger partial charge in [0.25, 0.3) is 5.91 Å². The summed E-state index contributed by atoms with van der Waals surface area (Å²) in [6.45, 7) is 2.87. The molecule has 7 nitrogen and oxygen atoms in total. The van der Waals surface area contributed by atoms with E-state index in [0.29, 0.717) is 19.0 Å². The minimum atomic E-state index is 0.0873. The predicted octanol–water partition coefficient (Wildman–Crippen LogP) is 7.76. The third kappa shape index (κ3) is 8.50. The lowest BCUT2D eigenvalue weighted by molar-refractivity contribution is 0.0699. The molecule has 47 heavy (non-hydrogen) atoms. The second-order valence-electron chi connectivity index (χ2n) is 14.0. The summed E-state index contributed by atoms with van der Waals surface area (Å²) in [5.41, 5.74) is 18.5. The molecule has 0 unspecified atom stereocenters. The van der Waals surface area contributed by atoms with Crippen LogP contribution in [-0.2, 0) is 32.5 Å². The van der Waals surface area contributed by atoms with E-state index >= 15 is 0 Å². The van der Waals surface area contributed by atoms with Gasteiger partial charge in [-0.05, 0) is 72.4 Å². The number of amides is 1. The van der Waals surface area contributed by atoms with Gasteiger partial charge in [0.2, 0.25) is 0 Å². The SMILES string of the molecule is N=C(N)c1ccc(CCc2nc3cc(C(=O)N(Cc4ccc(CN)cc4)CC4CCCCC4)ccc3n2CCC2CCCCC2)cc1. The molecule has 3 aromatic carbocycles. The molecule has 248 valence electrons. The van der Waals surface area contributed by atoms with Crippen molar-refractivity contribution in [1.82, 2.24) is 14.5 Å². The maximum absolute atomic E-state index is 14.2. The molecule has 0 atom stereocenters. The molecule has 1 heterocycles. The Bertz CT molecular complexity index is 1630. The highest BCUT2D eigenvalue weighted by molar-refractivity contribution is 5.97. The number of rotatable bonds is 13. The normalized spacial score (nSPS) is 16.0. The van der Waals surface area contributed by atoms with E-state index in [-0.39, 0.29) is 11.7 Å². The van der Waals surface area contributed by atoms with Crippen LogP contribution in [0.2, 0.25) is 0 Å². The molecule has 0 spiro atoms. The second kappa shape index (κ2) is 15.7. The molecule has 7 heteroatoms. The van der Waals surface area contributed by atoms with Crippen molar-refractivity contribution in [3.63, 3.8) is 0 Å². The summed E-state index contributed by atoms with van der Waals surface area (Å²) in [6, 6.07) is 22.5. The summed E-state index contributed by atoms with van der Waals surface area (Å²) < 4.78 is 2.42. The largest absolute Gasteiger partial charge is 0.384 e. The number of nitrogen functional groups attached to an aromatic ring is 1. The van der Waals surface area contributed by atoms with Crippen LogP contribution in [0.5, 0.6) is 0 Å². The molecule has 2 fully saturated rings. The maximum Gasteiger partial charge on any atom is 0.254 e. The van der Waals surface area contributed by atoms with E-state index in [1.165, 1.54) is 76.2 Å². The molecule has 2 aliphatic rings. The fourth-order valence-corrected chi connectivity index (χ4v) is 7.73. The van der Waals surface area contributed by atoms with E-state index in [0.717, 1.165) is 71.0 Å². The van der Waals surface area contributed by atoms with Gasteiger partial charge in [-0.1, -0.05) is 99.9 Å². The van der Waals surface area contributed by atoms with Gasteiger partial charge in [0.1, 0.15) is 11.7 Å². The zero-order valence-corrected chi connectivity index (χ0v) is 27.9. The number of aryl methyl sites for hydroxylation is 3. The van der Waals surface area contributed by atoms with Crippen LogP contribution >= 0.6 is 0 Å². The number of amidine groups is 1. The van der Waals surface area contributed by atoms with Gasteiger partial charge in [-0.15, -0.1) is 0 Å². The topological polar surface area (TPSA) is 114 Å². The third-order valence-corrected chi connectivity index (χ3v) is 10.6. The first-order valence-corrected chi connectivity index (χ1v) is 18.0.